The number of thiophene rings is 1. The van der Waals surface area contributed by atoms with Crippen molar-refractivity contribution in [1.82, 2.24) is 10.1 Å². The predicted octanol–water partition coefficient (Wildman–Crippen LogP) is 2.20. The van der Waals surface area contributed by atoms with Crippen molar-refractivity contribution >= 4 is 28.9 Å². The fourth-order valence-electron chi connectivity index (χ4n) is 1.57. The van der Waals surface area contributed by atoms with Crippen LogP contribution >= 0.6 is 23.1 Å². The van der Waals surface area contributed by atoms with Crippen molar-refractivity contribution in [3.63, 3.8) is 0 Å². The Kier molecular flexibility index (Phi) is 2.53. The van der Waals surface area contributed by atoms with Crippen LogP contribution in [-0.4, -0.2) is 27.4 Å². The zero-order valence-electron chi connectivity index (χ0n) is 8.25. The molecule has 0 bridgehead atoms. The quantitative estimate of drug-likeness (QED) is 0.820. The highest BCUT2D eigenvalue weighted by atomic mass is 32.2. The molecule has 2 aromatic rings. The lowest BCUT2D eigenvalue weighted by Gasteiger charge is -1.97. The molecule has 1 unspecified atom stereocenters. The Hall–Kier alpha value is -1.14. The Labute approximate surface area is 100 Å². The number of Topliss-reactive ketones (excluding diaryl/α,β-unsaturated/α-hetero) is 1. The molecule has 1 fully saturated rings. The Bertz CT molecular complexity index is 507. The van der Waals surface area contributed by atoms with Gasteiger partial charge >= 0.3 is 0 Å². The van der Waals surface area contributed by atoms with Crippen LogP contribution in [0.3, 0.4) is 0 Å². The highest BCUT2D eigenvalue weighted by Gasteiger charge is 2.31. The number of hydrogen-bond donors (Lipinski definition) is 0. The van der Waals surface area contributed by atoms with Crippen molar-refractivity contribution in [2.24, 2.45) is 0 Å². The molecule has 1 aliphatic rings. The molecule has 16 heavy (non-hydrogen) atoms. The lowest BCUT2D eigenvalue weighted by molar-refractivity contribution is -0.117. The average molecular weight is 252 g/mol. The Morgan fingerprint density at radius 2 is 2.44 bits per heavy atom. The maximum atomic E-state index is 11.5. The number of ketones is 1. The van der Waals surface area contributed by atoms with Crippen molar-refractivity contribution in [1.29, 1.82) is 0 Å². The summed E-state index contributed by atoms with van der Waals surface area (Å²) in [4.78, 5) is 15.8. The molecule has 3 rings (SSSR count). The lowest BCUT2D eigenvalue weighted by atomic mass is 10.1. The van der Waals surface area contributed by atoms with Gasteiger partial charge in [0.05, 0.1) is 5.75 Å². The number of thioether (sulfide) groups is 1. The van der Waals surface area contributed by atoms with E-state index in [1.807, 2.05) is 16.8 Å². The second kappa shape index (κ2) is 4.03. The summed E-state index contributed by atoms with van der Waals surface area (Å²) in [5, 5.41) is 7.82. The standard InChI is InChI=1S/C10H8N2O2S2/c13-8-5-16-4-7(8)10-11-9(12-14-10)6-1-2-15-3-6/h1-3,7H,4-5H2. The zero-order valence-corrected chi connectivity index (χ0v) is 9.88. The fraction of sp³-hybridized carbons (Fsp3) is 0.300. The summed E-state index contributed by atoms with van der Waals surface area (Å²) >= 11 is 3.20. The maximum absolute atomic E-state index is 11.5. The van der Waals surface area contributed by atoms with E-state index in [0.29, 0.717) is 17.5 Å². The molecule has 0 radical (unpaired) electrons. The van der Waals surface area contributed by atoms with Gasteiger partial charge in [0.25, 0.3) is 0 Å². The van der Waals surface area contributed by atoms with Gasteiger partial charge in [-0.3, -0.25) is 4.79 Å². The molecule has 0 N–H and O–H groups in total. The third kappa shape index (κ3) is 1.68. The van der Waals surface area contributed by atoms with Gasteiger partial charge in [-0.2, -0.15) is 28.1 Å². The molecule has 0 aromatic carbocycles. The molecular weight excluding hydrogens is 244 g/mol. The number of nitrogens with zero attached hydrogens (tertiary/aromatic N) is 2. The first-order chi connectivity index (χ1) is 7.84. The fourth-order valence-corrected chi connectivity index (χ4v) is 3.28. The van der Waals surface area contributed by atoms with Crippen molar-refractivity contribution in [2.45, 2.75) is 5.92 Å². The molecule has 0 saturated carbocycles. The number of hydrogen-bond acceptors (Lipinski definition) is 6. The van der Waals surface area contributed by atoms with Crippen LogP contribution in [0, 0.1) is 0 Å². The largest absolute Gasteiger partial charge is 0.338 e. The van der Waals surface area contributed by atoms with Gasteiger partial charge in [0, 0.05) is 16.7 Å². The van der Waals surface area contributed by atoms with Crippen molar-refractivity contribution in [3.8, 4) is 11.4 Å². The molecule has 1 aliphatic heterocycles. The smallest absolute Gasteiger partial charge is 0.238 e. The van der Waals surface area contributed by atoms with E-state index in [9.17, 15) is 4.79 Å². The summed E-state index contributed by atoms with van der Waals surface area (Å²) in [5.74, 6) is 2.32. The van der Waals surface area contributed by atoms with Gasteiger partial charge in [0.2, 0.25) is 11.7 Å². The number of aromatic nitrogens is 2. The molecule has 1 atom stereocenters. The van der Waals surface area contributed by atoms with Gasteiger partial charge < -0.3 is 4.52 Å². The van der Waals surface area contributed by atoms with Gasteiger partial charge in [-0.1, -0.05) is 5.16 Å². The minimum absolute atomic E-state index is 0.186. The van der Waals surface area contributed by atoms with Crippen LogP contribution in [0.5, 0.6) is 0 Å². The van der Waals surface area contributed by atoms with Crippen molar-refractivity contribution < 1.29 is 9.32 Å². The SMILES string of the molecule is O=C1CSCC1c1nc(-c2ccsc2)no1. The first-order valence-electron chi connectivity index (χ1n) is 4.81. The maximum Gasteiger partial charge on any atom is 0.238 e. The van der Waals surface area contributed by atoms with Crippen LogP contribution in [-0.2, 0) is 4.79 Å². The zero-order chi connectivity index (χ0) is 11.0. The van der Waals surface area contributed by atoms with E-state index in [1.54, 1.807) is 23.1 Å². The van der Waals surface area contributed by atoms with Crippen LogP contribution < -0.4 is 0 Å². The highest BCUT2D eigenvalue weighted by molar-refractivity contribution is 8.00. The van der Waals surface area contributed by atoms with Crippen LogP contribution in [0.15, 0.2) is 21.3 Å². The Morgan fingerprint density at radius 3 is 3.12 bits per heavy atom. The third-order valence-electron chi connectivity index (χ3n) is 2.44. The van der Waals surface area contributed by atoms with E-state index < -0.39 is 0 Å². The Balaban J connectivity index is 1.91. The normalized spacial score (nSPS) is 20.5. The van der Waals surface area contributed by atoms with Gasteiger partial charge in [-0.25, -0.2) is 0 Å². The lowest BCUT2D eigenvalue weighted by Crippen LogP contribution is -2.09. The number of carbonyl (C=O) groups excluding carboxylic acids is 1. The van der Waals surface area contributed by atoms with Crippen LogP contribution in [0.2, 0.25) is 0 Å². The minimum atomic E-state index is -0.204. The summed E-state index contributed by atoms with van der Waals surface area (Å²) in [6.07, 6.45) is 0. The monoisotopic (exact) mass is 252 g/mol. The van der Waals surface area contributed by atoms with Gasteiger partial charge in [0.1, 0.15) is 5.92 Å². The van der Waals surface area contributed by atoms with E-state index >= 15 is 0 Å². The van der Waals surface area contributed by atoms with Crippen LogP contribution in [0.1, 0.15) is 11.8 Å². The molecule has 0 amide bonds. The average Bonchev–Trinajstić information content (AvgIpc) is 2.96. The molecular formula is C10H8N2O2S2. The van der Waals surface area contributed by atoms with Crippen LogP contribution in [0.4, 0.5) is 0 Å². The predicted molar refractivity (Wildman–Crippen MR) is 62.7 cm³/mol. The third-order valence-corrected chi connectivity index (χ3v) is 4.18. The molecule has 6 heteroatoms. The molecule has 0 aliphatic carbocycles. The summed E-state index contributed by atoms with van der Waals surface area (Å²) < 4.78 is 5.15. The van der Waals surface area contributed by atoms with Crippen molar-refractivity contribution in [2.75, 3.05) is 11.5 Å². The molecule has 82 valence electrons. The van der Waals surface area contributed by atoms with E-state index in [1.165, 1.54) is 0 Å². The molecule has 2 aromatic heterocycles. The number of carbonyl (C=O) groups is 1. The summed E-state index contributed by atoms with van der Waals surface area (Å²) in [7, 11) is 0. The first kappa shape index (κ1) is 10.0. The summed E-state index contributed by atoms with van der Waals surface area (Å²) in [5.41, 5.74) is 0.943. The van der Waals surface area contributed by atoms with E-state index in [-0.39, 0.29) is 11.7 Å². The number of rotatable bonds is 2. The second-order valence-corrected chi connectivity index (χ2v) is 5.31. The van der Waals surface area contributed by atoms with E-state index in [4.69, 9.17) is 4.52 Å². The van der Waals surface area contributed by atoms with Crippen molar-refractivity contribution in [3.05, 3.63) is 22.7 Å². The molecule has 1 saturated heterocycles. The molecule has 4 nitrogen and oxygen atoms in total. The highest BCUT2D eigenvalue weighted by Crippen LogP contribution is 2.30. The summed E-state index contributed by atoms with van der Waals surface area (Å²) in [6.45, 7) is 0. The van der Waals surface area contributed by atoms with E-state index in [0.717, 1.165) is 11.3 Å². The minimum Gasteiger partial charge on any atom is -0.338 e. The second-order valence-electron chi connectivity index (χ2n) is 3.50. The Morgan fingerprint density at radius 1 is 1.50 bits per heavy atom. The topological polar surface area (TPSA) is 56.0 Å². The van der Waals surface area contributed by atoms with Gasteiger partial charge in [-0.05, 0) is 11.4 Å². The summed E-state index contributed by atoms with van der Waals surface area (Å²) in [6, 6.07) is 1.94. The van der Waals surface area contributed by atoms with Gasteiger partial charge in [-0.15, -0.1) is 0 Å². The molecule has 0 spiro atoms. The van der Waals surface area contributed by atoms with E-state index in [2.05, 4.69) is 10.1 Å². The molecule has 3 heterocycles. The van der Waals surface area contributed by atoms with Crippen LogP contribution in [0.25, 0.3) is 11.4 Å². The first-order valence-corrected chi connectivity index (χ1v) is 6.91. The van der Waals surface area contributed by atoms with Gasteiger partial charge in [0.15, 0.2) is 5.78 Å².